The SMILES string of the molecule is O=C(NCc1cccc(-c2ncc[nH]2)c1)c1cnc(C2CCNCC2)[nH]1. The van der Waals surface area contributed by atoms with Crippen molar-refractivity contribution >= 4 is 5.91 Å². The normalized spacial score (nSPS) is 15.1. The van der Waals surface area contributed by atoms with Gasteiger partial charge in [0, 0.05) is 30.4 Å². The molecule has 0 bridgehead atoms. The van der Waals surface area contributed by atoms with E-state index in [0.29, 0.717) is 18.2 Å². The molecule has 7 nitrogen and oxygen atoms in total. The third-order valence-electron chi connectivity index (χ3n) is 4.72. The van der Waals surface area contributed by atoms with E-state index in [2.05, 4.69) is 30.6 Å². The molecule has 0 aliphatic carbocycles. The Balaban J connectivity index is 1.38. The summed E-state index contributed by atoms with van der Waals surface area (Å²) in [6.07, 6.45) is 7.25. The van der Waals surface area contributed by atoms with Crippen LogP contribution in [0.15, 0.2) is 42.9 Å². The van der Waals surface area contributed by atoms with Gasteiger partial charge in [0.15, 0.2) is 0 Å². The number of H-pyrrole nitrogens is 2. The van der Waals surface area contributed by atoms with Gasteiger partial charge in [0.1, 0.15) is 17.3 Å². The molecule has 1 fully saturated rings. The number of hydrogen-bond acceptors (Lipinski definition) is 4. The van der Waals surface area contributed by atoms with Crippen LogP contribution in [-0.4, -0.2) is 38.9 Å². The van der Waals surface area contributed by atoms with Crippen molar-refractivity contribution in [3.05, 3.63) is 59.9 Å². The number of imidazole rings is 2. The van der Waals surface area contributed by atoms with Gasteiger partial charge in [-0.05, 0) is 37.6 Å². The average molecular weight is 350 g/mol. The monoisotopic (exact) mass is 350 g/mol. The molecule has 3 aromatic rings. The number of nitrogens with zero attached hydrogens (tertiary/aromatic N) is 2. The highest BCUT2D eigenvalue weighted by Gasteiger charge is 2.19. The molecule has 7 heteroatoms. The molecule has 0 unspecified atom stereocenters. The Morgan fingerprint density at radius 1 is 1.23 bits per heavy atom. The van der Waals surface area contributed by atoms with Gasteiger partial charge in [0.25, 0.3) is 5.91 Å². The van der Waals surface area contributed by atoms with Gasteiger partial charge < -0.3 is 20.6 Å². The molecule has 1 aromatic carbocycles. The number of benzene rings is 1. The summed E-state index contributed by atoms with van der Waals surface area (Å²) >= 11 is 0. The molecule has 1 amide bonds. The zero-order valence-electron chi connectivity index (χ0n) is 14.5. The fourth-order valence-corrected chi connectivity index (χ4v) is 3.28. The lowest BCUT2D eigenvalue weighted by molar-refractivity contribution is 0.0946. The van der Waals surface area contributed by atoms with Gasteiger partial charge >= 0.3 is 0 Å². The minimum atomic E-state index is -0.138. The number of carbonyl (C=O) groups excluding carboxylic acids is 1. The number of piperidine rings is 1. The molecule has 3 heterocycles. The molecule has 2 aromatic heterocycles. The van der Waals surface area contributed by atoms with Crippen LogP contribution in [-0.2, 0) is 6.54 Å². The Morgan fingerprint density at radius 2 is 2.12 bits per heavy atom. The van der Waals surface area contributed by atoms with Crippen LogP contribution in [0.25, 0.3) is 11.4 Å². The minimum absolute atomic E-state index is 0.138. The molecule has 1 aliphatic heterocycles. The largest absolute Gasteiger partial charge is 0.347 e. The van der Waals surface area contributed by atoms with Crippen molar-refractivity contribution in [3.63, 3.8) is 0 Å². The van der Waals surface area contributed by atoms with Crippen molar-refractivity contribution in [2.24, 2.45) is 0 Å². The van der Waals surface area contributed by atoms with E-state index in [-0.39, 0.29) is 5.91 Å². The predicted octanol–water partition coefficient (Wildman–Crippen LogP) is 2.20. The summed E-state index contributed by atoms with van der Waals surface area (Å²) < 4.78 is 0. The summed E-state index contributed by atoms with van der Waals surface area (Å²) in [5.41, 5.74) is 2.53. The Kier molecular flexibility index (Phi) is 4.79. The van der Waals surface area contributed by atoms with Gasteiger partial charge in [-0.2, -0.15) is 0 Å². The fourth-order valence-electron chi connectivity index (χ4n) is 3.28. The van der Waals surface area contributed by atoms with Crippen molar-refractivity contribution in [3.8, 4) is 11.4 Å². The number of carbonyl (C=O) groups is 1. The first-order valence-corrected chi connectivity index (χ1v) is 8.92. The summed E-state index contributed by atoms with van der Waals surface area (Å²) in [5, 5.41) is 6.29. The summed E-state index contributed by atoms with van der Waals surface area (Å²) in [5.74, 6) is 2.00. The first kappa shape index (κ1) is 16.5. The molecule has 0 atom stereocenters. The standard InChI is InChI=1S/C19H22N6O/c26-19(16-12-23-18(25-16)14-4-6-20-7-5-14)24-11-13-2-1-3-15(10-13)17-21-8-9-22-17/h1-3,8-10,12,14,20H,4-7,11H2,(H,21,22)(H,23,25)(H,24,26). The highest BCUT2D eigenvalue weighted by molar-refractivity contribution is 5.92. The Labute approximate surface area is 151 Å². The number of aromatic amines is 2. The van der Waals surface area contributed by atoms with E-state index in [4.69, 9.17) is 0 Å². The number of amides is 1. The van der Waals surface area contributed by atoms with Gasteiger partial charge in [-0.1, -0.05) is 18.2 Å². The van der Waals surface area contributed by atoms with Crippen LogP contribution >= 0.6 is 0 Å². The Bertz CT molecular complexity index is 864. The van der Waals surface area contributed by atoms with Crippen LogP contribution < -0.4 is 10.6 Å². The Morgan fingerprint density at radius 3 is 2.92 bits per heavy atom. The second-order valence-electron chi connectivity index (χ2n) is 6.53. The average Bonchev–Trinajstić information content (AvgIpc) is 3.39. The summed E-state index contributed by atoms with van der Waals surface area (Å²) in [4.78, 5) is 27.4. The van der Waals surface area contributed by atoms with Crippen LogP contribution in [0.2, 0.25) is 0 Å². The summed E-state index contributed by atoms with van der Waals surface area (Å²) in [6.45, 7) is 2.45. The first-order chi connectivity index (χ1) is 12.8. The van der Waals surface area contributed by atoms with Crippen LogP contribution in [0.3, 0.4) is 0 Å². The van der Waals surface area contributed by atoms with E-state index >= 15 is 0 Å². The molecule has 1 aliphatic rings. The maximum Gasteiger partial charge on any atom is 0.269 e. The molecular weight excluding hydrogens is 328 g/mol. The van der Waals surface area contributed by atoms with Gasteiger partial charge in [-0.25, -0.2) is 9.97 Å². The highest BCUT2D eigenvalue weighted by Crippen LogP contribution is 2.22. The fraction of sp³-hybridized carbons (Fsp3) is 0.316. The van der Waals surface area contributed by atoms with E-state index in [1.54, 1.807) is 18.6 Å². The molecule has 0 saturated carbocycles. The van der Waals surface area contributed by atoms with Crippen LogP contribution in [0.4, 0.5) is 0 Å². The van der Waals surface area contributed by atoms with Crippen LogP contribution in [0, 0.1) is 0 Å². The third-order valence-corrected chi connectivity index (χ3v) is 4.72. The molecular formula is C19H22N6O. The Hall–Kier alpha value is -2.93. The number of hydrogen-bond donors (Lipinski definition) is 4. The minimum Gasteiger partial charge on any atom is -0.347 e. The van der Waals surface area contributed by atoms with E-state index in [0.717, 1.165) is 48.7 Å². The first-order valence-electron chi connectivity index (χ1n) is 8.92. The number of nitrogens with one attached hydrogen (secondary N) is 4. The third kappa shape index (κ3) is 3.67. The molecule has 1 saturated heterocycles. The van der Waals surface area contributed by atoms with Gasteiger partial charge in [0.2, 0.25) is 0 Å². The van der Waals surface area contributed by atoms with Crippen LogP contribution in [0.1, 0.15) is 40.6 Å². The molecule has 26 heavy (non-hydrogen) atoms. The van der Waals surface area contributed by atoms with Crippen molar-refractivity contribution in [1.82, 2.24) is 30.6 Å². The zero-order valence-corrected chi connectivity index (χ0v) is 14.5. The van der Waals surface area contributed by atoms with E-state index < -0.39 is 0 Å². The van der Waals surface area contributed by atoms with Crippen molar-refractivity contribution < 1.29 is 4.79 Å². The highest BCUT2D eigenvalue weighted by atomic mass is 16.1. The zero-order chi connectivity index (χ0) is 17.8. The molecule has 134 valence electrons. The summed E-state index contributed by atoms with van der Waals surface area (Å²) in [7, 11) is 0. The lowest BCUT2D eigenvalue weighted by atomic mass is 9.98. The molecule has 0 radical (unpaired) electrons. The predicted molar refractivity (Wildman–Crippen MR) is 98.6 cm³/mol. The lowest BCUT2D eigenvalue weighted by Crippen LogP contribution is -2.27. The smallest absolute Gasteiger partial charge is 0.269 e. The molecule has 0 spiro atoms. The quantitative estimate of drug-likeness (QED) is 0.567. The van der Waals surface area contributed by atoms with E-state index in [1.165, 1.54) is 0 Å². The van der Waals surface area contributed by atoms with Gasteiger partial charge in [-0.15, -0.1) is 0 Å². The van der Waals surface area contributed by atoms with E-state index in [9.17, 15) is 4.79 Å². The molecule has 4 rings (SSSR count). The number of aromatic nitrogens is 4. The second-order valence-corrected chi connectivity index (χ2v) is 6.53. The van der Waals surface area contributed by atoms with Crippen molar-refractivity contribution in [2.45, 2.75) is 25.3 Å². The van der Waals surface area contributed by atoms with E-state index in [1.807, 2.05) is 24.3 Å². The molecule has 4 N–H and O–H groups in total. The summed E-state index contributed by atoms with van der Waals surface area (Å²) in [6, 6.07) is 7.96. The maximum absolute atomic E-state index is 12.4. The van der Waals surface area contributed by atoms with Crippen molar-refractivity contribution in [1.29, 1.82) is 0 Å². The lowest BCUT2D eigenvalue weighted by Gasteiger charge is -2.20. The van der Waals surface area contributed by atoms with Gasteiger partial charge in [-0.3, -0.25) is 4.79 Å². The van der Waals surface area contributed by atoms with Crippen molar-refractivity contribution in [2.75, 3.05) is 13.1 Å². The second kappa shape index (κ2) is 7.53. The maximum atomic E-state index is 12.4. The van der Waals surface area contributed by atoms with Gasteiger partial charge in [0.05, 0.1) is 6.20 Å². The topological polar surface area (TPSA) is 98.5 Å². The number of rotatable bonds is 5. The van der Waals surface area contributed by atoms with Crippen LogP contribution in [0.5, 0.6) is 0 Å².